The van der Waals surface area contributed by atoms with Gasteiger partial charge in [0.25, 0.3) is 5.91 Å². The molecule has 3 aromatic carbocycles. The van der Waals surface area contributed by atoms with Crippen LogP contribution < -0.4 is 10.1 Å². The molecule has 3 aromatic rings. The molecule has 1 fully saturated rings. The number of aliphatic imine (C=N–C) groups is 1. The number of benzene rings is 3. The number of esters is 1. The molecule has 0 saturated carbocycles. The molecule has 0 atom stereocenters. The van der Waals surface area contributed by atoms with Crippen molar-refractivity contribution < 1.29 is 14.3 Å². The minimum atomic E-state index is -0.435. The molecule has 0 spiro atoms. The molecule has 0 radical (unpaired) electrons. The van der Waals surface area contributed by atoms with Gasteiger partial charge in [0.15, 0.2) is 5.17 Å². The van der Waals surface area contributed by atoms with E-state index >= 15 is 0 Å². The highest BCUT2D eigenvalue weighted by Crippen LogP contribution is 2.31. The molecule has 0 unspecified atom stereocenters. The van der Waals surface area contributed by atoms with E-state index in [-0.39, 0.29) is 5.91 Å². The summed E-state index contributed by atoms with van der Waals surface area (Å²) in [6.07, 6.45) is 1.72. The first-order chi connectivity index (χ1) is 15.0. The van der Waals surface area contributed by atoms with Crippen molar-refractivity contribution in [1.29, 1.82) is 0 Å². The van der Waals surface area contributed by atoms with Crippen molar-refractivity contribution in [3.63, 3.8) is 0 Å². The first-order valence-corrected chi connectivity index (χ1v) is 10.6. The molecule has 7 heteroatoms. The minimum absolute atomic E-state index is 0.252. The van der Waals surface area contributed by atoms with Gasteiger partial charge in [-0.1, -0.05) is 53.6 Å². The average molecular weight is 449 g/mol. The summed E-state index contributed by atoms with van der Waals surface area (Å²) in [4.78, 5) is 29.6. The van der Waals surface area contributed by atoms with Crippen molar-refractivity contribution in [2.45, 2.75) is 6.92 Å². The highest BCUT2D eigenvalue weighted by molar-refractivity contribution is 8.18. The predicted octanol–water partition coefficient (Wildman–Crippen LogP) is 5.76. The number of carbonyl (C=O) groups excluding carboxylic acids is 2. The number of amides is 1. The van der Waals surface area contributed by atoms with Gasteiger partial charge in [-0.05, 0) is 66.7 Å². The van der Waals surface area contributed by atoms with E-state index in [0.717, 1.165) is 11.1 Å². The Balaban J connectivity index is 1.51. The summed E-state index contributed by atoms with van der Waals surface area (Å²) < 4.78 is 5.49. The van der Waals surface area contributed by atoms with Gasteiger partial charge < -0.3 is 10.1 Å². The largest absolute Gasteiger partial charge is 0.423 e. The van der Waals surface area contributed by atoms with Gasteiger partial charge in [-0.2, -0.15) is 0 Å². The van der Waals surface area contributed by atoms with Crippen molar-refractivity contribution in [2.75, 3.05) is 0 Å². The Labute approximate surface area is 188 Å². The zero-order chi connectivity index (χ0) is 21.8. The Morgan fingerprint density at radius 3 is 2.68 bits per heavy atom. The average Bonchev–Trinajstić information content (AvgIpc) is 3.08. The SMILES string of the molecule is Cc1cccc(C(=O)Oc2cccc(C=C3SC(=Nc4ccccc4Cl)NC3=O)c2)c1. The molecule has 31 heavy (non-hydrogen) atoms. The van der Waals surface area contributed by atoms with Crippen molar-refractivity contribution in [2.24, 2.45) is 4.99 Å². The molecule has 0 aromatic heterocycles. The van der Waals surface area contributed by atoms with E-state index in [1.165, 1.54) is 11.8 Å². The molecule has 1 amide bonds. The quantitative estimate of drug-likeness (QED) is 0.313. The van der Waals surface area contributed by atoms with Crippen LogP contribution >= 0.6 is 23.4 Å². The highest BCUT2D eigenvalue weighted by atomic mass is 35.5. The third-order valence-corrected chi connectivity index (χ3v) is 5.57. The second kappa shape index (κ2) is 9.20. The monoisotopic (exact) mass is 448 g/mol. The lowest BCUT2D eigenvalue weighted by Gasteiger charge is -2.06. The number of para-hydroxylation sites is 1. The van der Waals surface area contributed by atoms with Gasteiger partial charge in [-0.3, -0.25) is 4.79 Å². The second-order valence-corrected chi connectivity index (χ2v) is 8.20. The van der Waals surface area contributed by atoms with E-state index in [1.807, 2.05) is 37.3 Å². The van der Waals surface area contributed by atoms with E-state index in [2.05, 4.69) is 10.3 Å². The van der Waals surface area contributed by atoms with Crippen molar-refractivity contribution in [3.05, 3.63) is 99.4 Å². The van der Waals surface area contributed by atoms with Gasteiger partial charge in [0.2, 0.25) is 0 Å². The van der Waals surface area contributed by atoms with Gasteiger partial charge in [0, 0.05) is 0 Å². The third kappa shape index (κ3) is 5.23. The standard InChI is InChI=1S/C24H17ClN2O3S/c1-15-6-4-8-17(12-15)23(29)30-18-9-5-7-16(13-18)14-21-22(28)27-24(31-21)26-20-11-3-2-10-19(20)25/h2-14H,1H3,(H,26,27,28). The Hall–Kier alpha value is -3.35. The topological polar surface area (TPSA) is 67.8 Å². The number of aryl methyl sites for hydroxylation is 1. The number of halogens is 1. The number of nitrogens with one attached hydrogen (secondary N) is 1. The van der Waals surface area contributed by atoms with Crippen LogP contribution in [-0.2, 0) is 4.79 Å². The number of amidine groups is 1. The number of hydrogen-bond donors (Lipinski definition) is 1. The molecule has 1 aliphatic heterocycles. The number of ether oxygens (including phenoxy) is 1. The van der Waals surface area contributed by atoms with Gasteiger partial charge in [0.05, 0.1) is 21.2 Å². The molecule has 1 N–H and O–H groups in total. The van der Waals surface area contributed by atoms with E-state index in [9.17, 15) is 9.59 Å². The summed E-state index contributed by atoms with van der Waals surface area (Å²) in [7, 11) is 0. The summed E-state index contributed by atoms with van der Waals surface area (Å²) >= 11 is 7.35. The Kier molecular flexibility index (Phi) is 6.21. The van der Waals surface area contributed by atoms with E-state index in [0.29, 0.717) is 32.1 Å². The molecule has 0 aliphatic carbocycles. The molecule has 1 aliphatic rings. The lowest BCUT2D eigenvalue weighted by Crippen LogP contribution is -2.19. The smallest absolute Gasteiger partial charge is 0.343 e. The Bertz CT molecular complexity index is 1240. The zero-order valence-electron chi connectivity index (χ0n) is 16.5. The number of hydrogen-bond acceptors (Lipinski definition) is 5. The zero-order valence-corrected chi connectivity index (χ0v) is 18.0. The maximum atomic E-state index is 12.4. The number of thioether (sulfide) groups is 1. The molecule has 154 valence electrons. The molecule has 4 rings (SSSR count). The first kappa shape index (κ1) is 20.9. The summed E-state index contributed by atoms with van der Waals surface area (Å²) in [5.74, 6) is -0.289. The van der Waals surface area contributed by atoms with Gasteiger partial charge in [0.1, 0.15) is 5.75 Å². The van der Waals surface area contributed by atoms with Gasteiger partial charge in [-0.25, -0.2) is 9.79 Å². The maximum absolute atomic E-state index is 12.4. The van der Waals surface area contributed by atoms with Crippen molar-refractivity contribution in [1.82, 2.24) is 5.32 Å². The number of rotatable bonds is 4. The molecular formula is C24H17ClN2O3S. The molecule has 1 heterocycles. The van der Waals surface area contributed by atoms with Crippen LogP contribution in [0.1, 0.15) is 21.5 Å². The van der Waals surface area contributed by atoms with Crippen molar-refractivity contribution >= 4 is 52.2 Å². The fourth-order valence-electron chi connectivity index (χ4n) is 2.89. The Morgan fingerprint density at radius 1 is 1.06 bits per heavy atom. The summed E-state index contributed by atoms with van der Waals surface area (Å²) in [5.41, 5.74) is 2.77. The third-order valence-electron chi connectivity index (χ3n) is 4.35. The number of carbonyl (C=O) groups is 2. The van der Waals surface area contributed by atoms with Crippen LogP contribution in [0.15, 0.2) is 82.7 Å². The fourth-order valence-corrected chi connectivity index (χ4v) is 3.90. The van der Waals surface area contributed by atoms with Crippen molar-refractivity contribution in [3.8, 4) is 5.75 Å². The van der Waals surface area contributed by atoms with E-state index < -0.39 is 5.97 Å². The highest BCUT2D eigenvalue weighted by Gasteiger charge is 2.24. The Morgan fingerprint density at radius 2 is 1.87 bits per heavy atom. The molecule has 5 nitrogen and oxygen atoms in total. The fraction of sp³-hybridized carbons (Fsp3) is 0.0417. The van der Waals surface area contributed by atoms with Gasteiger partial charge >= 0.3 is 5.97 Å². The lowest BCUT2D eigenvalue weighted by molar-refractivity contribution is -0.115. The van der Waals surface area contributed by atoms with E-state index in [1.54, 1.807) is 48.5 Å². The van der Waals surface area contributed by atoms with Crippen LogP contribution in [0.25, 0.3) is 6.08 Å². The van der Waals surface area contributed by atoms with Crippen LogP contribution in [0.2, 0.25) is 5.02 Å². The maximum Gasteiger partial charge on any atom is 0.343 e. The predicted molar refractivity (Wildman–Crippen MR) is 125 cm³/mol. The molecule has 0 bridgehead atoms. The summed E-state index contributed by atoms with van der Waals surface area (Å²) in [6, 6.07) is 21.4. The van der Waals surface area contributed by atoms with Crippen LogP contribution in [0.4, 0.5) is 5.69 Å². The van der Waals surface area contributed by atoms with E-state index in [4.69, 9.17) is 16.3 Å². The molecule has 1 saturated heterocycles. The normalized spacial score (nSPS) is 15.9. The van der Waals surface area contributed by atoms with Gasteiger partial charge in [-0.15, -0.1) is 0 Å². The van der Waals surface area contributed by atoms with Crippen LogP contribution in [0, 0.1) is 6.92 Å². The summed E-state index contributed by atoms with van der Waals surface area (Å²) in [5, 5.41) is 3.69. The lowest BCUT2D eigenvalue weighted by atomic mass is 10.1. The van der Waals surface area contributed by atoms with Crippen LogP contribution in [0.5, 0.6) is 5.75 Å². The second-order valence-electron chi connectivity index (χ2n) is 6.76. The minimum Gasteiger partial charge on any atom is -0.423 e. The first-order valence-electron chi connectivity index (χ1n) is 9.41. The van der Waals surface area contributed by atoms with Crippen LogP contribution in [0.3, 0.4) is 0 Å². The molecular weight excluding hydrogens is 432 g/mol. The van der Waals surface area contributed by atoms with Crippen LogP contribution in [-0.4, -0.2) is 17.0 Å². The number of nitrogens with zero attached hydrogens (tertiary/aromatic N) is 1. The summed E-state index contributed by atoms with van der Waals surface area (Å²) in [6.45, 7) is 1.91.